The van der Waals surface area contributed by atoms with E-state index in [0.717, 1.165) is 10.0 Å². The highest BCUT2D eigenvalue weighted by Gasteiger charge is 2.12. The van der Waals surface area contributed by atoms with E-state index in [-0.39, 0.29) is 11.5 Å². The van der Waals surface area contributed by atoms with Gasteiger partial charge in [0, 0.05) is 22.4 Å². The number of ketones is 1. The summed E-state index contributed by atoms with van der Waals surface area (Å²) in [6.07, 6.45) is 6.17. The lowest BCUT2D eigenvalue weighted by molar-refractivity contribution is 0.0729. The van der Waals surface area contributed by atoms with Gasteiger partial charge in [-0.3, -0.25) is 9.78 Å². The summed E-state index contributed by atoms with van der Waals surface area (Å²) in [6.45, 7) is 0. The van der Waals surface area contributed by atoms with E-state index in [1.807, 2.05) is 12.1 Å². The second-order valence-electron chi connectivity index (χ2n) is 5.75. The monoisotopic (exact) mass is 437 g/mol. The van der Waals surface area contributed by atoms with Crippen molar-refractivity contribution < 1.29 is 19.1 Å². The fourth-order valence-corrected chi connectivity index (χ4v) is 2.66. The van der Waals surface area contributed by atoms with Crippen molar-refractivity contribution in [2.45, 2.75) is 0 Å². The summed E-state index contributed by atoms with van der Waals surface area (Å²) in [5.74, 6) is 0.0295. The first kappa shape index (κ1) is 19.5. The molecule has 0 atom stereocenters. The number of hydrogen-bond donors (Lipinski definition) is 0. The van der Waals surface area contributed by atoms with Crippen LogP contribution in [0.25, 0.3) is 6.08 Å². The lowest BCUT2D eigenvalue weighted by atomic mass is 10.1. The van der Waals surface area contributed by atoms with Crippen LogP contribution in [0.2, 0.25) is 0 Å². The van der Waals surface area contributed by atoms with E-state index in [1.165, 1.54) is 19.4 Å². The molecular weight excluding hydrogens is 422 g/mol. The first-order chi connectivity index (χ1) is 13.6. The minimum atomic E-state index is -0.528. The van der Waals surface area contributed by atoms with Gasteiger partial charge in [-0.1, -0.05) is 28.1 Å². The summed E-state index contributed by atoms with van der Waals surface area (Å²) in [5, 5.41) is 0. The van der Waals surface area contributed by atoms with Gasteiger partial charge in [0.2, 0.25) is 0 Å². The number of methoxy groups -OCH3 is 1. The van der Waals surface area contributed by atoms with Crippen molar-refractivity contribution in [1.29, 1.82) is 0 Å². The zero-order chi connectivity index (χ0) is 19.9. The number of rotatable bonds is 6. The molecule has 0 saturated heterocycles. The second-order valence-corrected chi connectivity index (χ2v) is 6.66. The Morgan fingerprint density at radius 3 is 2.46 bits per heavy atom. The third-order valence-electron chi connectivity index (χ3n) is 3.84. The zero-order valence-electron chi connectivity index (χ0n) is 15.0. The Morgan fingerprint density at radius 2 is 1.79 bits per heavy atom. The molecule has 0 bridgehead atoms. The lowest BCUT2D eigenvalue weighted by Gasteiger charge is -2.10. The Balaban J connectivity index is 1.74. The Bertz CT molecular complexity index is 1010. The quantitative estimate of drug-likeness (QED) is 0.235. The molecule has 5 nitrogen and oxygen atoms in total. The van der Waals surface area contributed by atoms with E-state index >= 15 is 0 Å². The predicted octanol–water partition coefficient (Wildman–Crippen LogP) is 4.97. The third-order valence-corrected chi connectivity index (χ3v) is 4.37. The number of benzene rings is 2. The van der Waals surface area contributed by atoms with E-state index in [1.54, 1.807) is 54.7 Å². The molecule has 3 aromatic rings. The number of hydrogen-bond acceptors (Lipinski definition) is 5. The van der Waals surface area contributed by atoms with Crippen molar-refractivity contribution in [3.63, 3.8) is 0 Å². The van der Waals surface area contributed by atoms with Crippen LogP contribution in [0.1, 0.15) is 26.3 Å². The molecule has 0 aliphatic heterocycles. The van der Waals surface area contributed by atoms with E-state index in [2.05, 4.69) is 20.9 Å². The van der Waals surface area contributed by atoms with Crippen molar-refractivity contribution in [2.24, 2.45) is 0 Å². The van der Waals surface area contributed by atoms with Gasteiger partial charge in [0.1, 0.15) is 0 Å². The number of carbonyl (C=O) groups is 2. The Kier molecular flexibility index (Phi) is 6.34. The van der Waals surface area contributed by atoms with Gasteiger partial charge in [-0.25, -0.2) is 4.79 Å². The van der Waals surface area contributed by atoms with Crippen LogP contribution in [0.3, 0.4) is 0 Å². The summed E-state index contributed by atoms with van der Waals surface area (Å²) in [5.41, 5.74) is 1.67. The lowest BCUT2D eigenvalue weighted by Crippen LogP contribution is -2.09. The highest BCUT2D eigenvalue weighted by molar-refractivity contribution is 9.10. The summed E-state index contributed by atoms with van der Waals surface area (Å²) >= 11 is 3.34. The van der Waals surface area contributed by atoms with Gasteiger partial charge in [-0.2, -0.15) is 0 Å². The number of halogens is 1. The number of carbonyl (C=O) groups excluding carboxylic acids is 2. The molecule has 3 rings (SSSR count). The molecule has 140 valence electrons. The molecule has 2 aromatic carbocycles. The Hall–Kier alpha value is -3.25. The maximum atomic E-state index is 12.2. The van der Waals surface area contributed by atoms with Gasteiger partial charge in [0.25, 0.3) is 0 Å². The van der Waals surface area contributed by atoms with Crippen molar-refractivity contribution in [3.05, 3.63) is 94.2 Å². The molecule has 0 saturated carbocycles. The van der Waals surface area contributed by atoms with Crippen LogP contribution in [0.5, 0.6) is 11.5 Å². The number of aromatic nitrogens is 1. The molecule has 0 radical (unpaired) electrons. The minimum Gasteiger partial charge on any atom is -0.493 e. The van der Waals surface area contributed by atoms with Gasteiger partial charge >= 0.3 is 5.97 Å². The molecule has 0 aliphatic rings. The number of ether oxygens (including phenoxy) is 2. The fraction of sp³-hybridized carbons (Fsp3) is 0.0455. The van der Waals surface area contributed by atoms with E-state index in [4.69, 9.17) is 9.47 Å². The second kappa shape index (κ2) is 9.10. The molecule has 0 amide bonds. The maximum absolute atomic E-state index is 12.2. The highest BCUT2D eigenvalue weighted by Crippen LogP contribution is 2.29. The van der Waals surface area contributed by atoms with Crippen molar-refractivity contribution >= 4 is 33.8 Å². The molecule has 0 aliphatic carbocycles. The number of pyridine rings is 1. The van der Waals surface area contributed by atoms with Gasteiger partial charge in [0.15, 0.2) is 17.3 Å². The molecule has 0 spiro atoms. The summed E-state index contributed by atoms with van der Waals surface area (Å²) in [4.78, 5) is 28.3. The van der Waals surface area contributed by atoms with Crippen LogP contribution in [-0.4, -0.2) is 23.8 Å². The molecule has 6 heteroatoms. The van der Waals surface area contributed by atoms with E-state index < -0.39 is 5.97 Å². The first-order valence-electron chi connectivity index (χ1n) is 8.35. The van der Waals surface area contributed by atoms with Crippen LogP contribution in [0.15, 0.2) is 77.5 Å². The van der Waals surface area contributed by atoms with Gasteiger partial charge in [-0.05, 0) is 60.2 Å². The predicted molar refractivity (Wildman–Crippen MR) is 110 cm³/mol. The average Bonchev–Trinajstić information content (AvgIpc) is 2.73. The number of nitrogens with zero attached hydrogens (tertiary/aromatic N) is 1. The van der Waals surface area contributed by atoms with Crippen molar-refractivity contribution in [3.8, 4) is 11.5 Å². The molecule has 28 heavy (non-hydrogen) atoms. The highest BCUT2D eigenvalue weighted by atomic mass is 79.9. The smallest absolute Gasteiger partial charge is 0.345 e. The summed E-state index contributed by atoms with van der Waals surface area (Å²) < 4.78 is 11.6. The van der Waals surface area contributed by atoms with Crippen LogP contribution in [0, 0.1) is 0 Å². The van der Waals surface area contributed by atoms with E-state index in [9.17, 15) is 9.59 Å². The van der Waals surface area contributed by atoms with Gasteiger partial charge in [0.05, 0.1) is 12.7 Å². The fourth-order valence-electron chi connectivity index (χ4n) is 2.40. The molecule has 1 heterocycles. The Labute approximate surface area is 170 Å². The molecule has 1 aromatic heterocycles. The Morgan fingerprint density at radius 1 is 1.00 bits per heavy atom. The average molecular weight is 438 g/mol. The molecule has 0 unspecified atom stereocenters. The molecule has 0 N–H and O–H groups in total. The normalized spacial score (nSPS) is 10.6. The zero-order valence-corrected chi connectivity index (χ0v) is 16.5. The largest absolute Gasteiger partial charge is 0.493 e. The maximum Gasteiger partial charge on any atom is 0.345 e. The molecular formula is C22H16BrNO4. The summed E-state index contributed by atoms with van der Waals surface area (Å²) in [6, 6.07) is 15.5. The summed E-state index contributed by atoms with van der Waals surface area (Å²) in [7, 11) is 1.48. The standard InChI is InChI=1S/C22H16BrNO4/c1-27-21-13-15(4-10-19(25)16-6-8-18(23)9-7-16)5-11-20(21)28-22(26)17-3-2-12-24-14-17/h2-14H,1H3/b10-4+. The minimum absolute atomic E-state index is 0.112. The SMILES string of the molecule is COc1cc(/C=C/C(=O)c2ccc(Br)cc2)ccc1OC(=O)c1cccnc1. The van der Waals surface area contributed by atoms with Crippen LogP contribution >= 0.6 is 15.9 Å². The number of esters is 1. The van der Waals surface area contributed by atoms with Crippen LogP contribution in [0.4, 0.5) is 0 Å². The van der Waals surface area contributed by atoms with Crippen LogP contribution < -0.4 is 9.47 Å². The third kappa shape index (κ3) is 4.92. The number of allylic oxidation sites excluding steroid dienone is 1. The van der Waals surface area contributed by atoms with Crippen LogP contribution in [-0.2, 0) is 0 Å². The van der Waals surface area contributed by atoms with E-state index in [0.29, 0.717) is 16.9 Å². The van der Waals surface area contributed by atoms with Gasteiger partial charge < -0.3 is 9.47 Å². The van der Waals surface area contributed by atoms with Gasteiger partial charge in [-0.15, -0.1) is 0 Å². The topological polar surface area (TPSA) is 65.5 Å². The first-order valence-corrected chi connectivity index (χ1v) is 9.14. The molecule has 0 fully saturated rings. The van der Waals surface area contributed by atoms with Crippen molar-refractivity contribution in [1.82, 2.24) is 4.98 Å². The van der Waals surface area contributed by atoms with Crippen molar-refractivity contribution in [2.75, 3.05) is 7.11 Å².